The number of aromatic nitrogens is 2. The van der Waals surface area contributed by atoms with Crippen LogP contribution in [0.2, 0.25) is 0 Å². The van der Waals surface area contributed by atoms with Crippen molar-refractivity contribution in [2.75, 3.05) is 38.7 Å². The van der Waals surface area contributed by atoms with Crippen molar-refractivity contribution < 1.29 is 21.5 Å². The van der Waals surface area contributed by atoms with Gasteiger partial charge in [-0.05, 0) is 19.3 Å². The van der Waals surface area contributed by atoms with Gasteiger partial charge in [0, 0.05) is 11.5 Å². The smallest absolute Gasteiger partial charge is 0.175 e. The third-order valence-corrected chi connectivity index (χ3v) is 9.41. The van der Waals surface area contributed by atoms with Crippen LogP contribution >= 0.6 is 34.9 Å². The molecule has 0 unspecified atom stereocenters. The summed E-state index contributed by atoms with van der Waals surface area (Å²) < 4.78 is 3.43. The number of thioether (sulfide) groups is 2. The summed E-state index contributed by atoms with van der Waals surface area (Å²) in [6.07, 6.45) is 22.3. The van der Waals surface area contributed by atoms with Gasteiger partial charge in [-0.3, -0.25) is 0 Å². The van der Waals surface area contributed by atoms with Crippen molar-refractivity contribution in [2.45, 2.75) is 125 Å². The fraction of sp³-hybridized carbons (Fsp3) is 0.923. The van der Waals surface area contributed by atoms with Gasteiger partial charge in [-0.2, -0.15) is 0 Å². The van der Waals surface area contributed by atoms with E-state index in [-0.39, 0.29) is 17.0 Å². The van der Waals surface area contributed by atoms with Gasteiger partial charge in [0.2, 0.25) is 0 Å². The van der Waals surface area contributed by atoms with Crippen LogP contribution in [0.5, 0.6) is 0 Å². The number of halogens is 1. The molecule has 0 spiro atoms. The van der Waals surface area contributed by atoms with E-state index in [1.54, 1.807) is 11.3 Å². The highest BCUT2D eigenvalue weighted by Crippen LogP contribution is 2.29. The lowest BCUT2D eigenvalue weighted by Gasteiger charge is -2.29. The lowest BCUT2D eigenvalue weighted by molar-refractivity contribution is -0.888. The first kappa shape index (κ1) is 33.7. The van der Waals surface area contributed by atoms with E-state index in [1.165, 1.54) is 122 Å². The highest BCUT2D eigenvalue weighted by molar-refractivity contribution is 8.03. The fourth-order valence-electron chi connectivity index (χ4n) is 3.87. The van der Waals surface area contributed by atoms with E-state index in [1.807, 2.05) is 23.5 Å². The van der Waals surface area contributed by atoms with Crippen molar-refractivity contribution in [1.82, 2.24) is 10.2 Å². The molecule has 0 saturated heterocycles. The normalized spacial score (nSPS) is 11.6. The number of hydrogen-bond acceptors (Lipinski definition) is 5. The SMILES string of the molecule is CCCCCCCCCCCCSc1nnc(SCC[N+](C)(C)CCCCCCCC)s1.[Br-]. The van der Waals surface area contributed by atoms with E-state index in [0.717, 1.165) is 18.9 Å². The van der Waals surface area contributed by atoms with E-state index >= 15 is 0 Å². The maximum Gasteiger partial charge on any atom is 0.175 e. The van der Waals surface area contributed by atoms with E-state index in [2.05, 4.69) is 38.1 Å². The van der Waals surface area contributed by atoms with Gasteiger partial charge >= 0.3 is 0 Å². The molecule has 0 radical (unpaired) electrons. The molecule has 7 heteroatoms. The van der Waals surface area contributed by atoms with Crippen LogP contribution in [0.25, 0.3) is 0 Å². The van der Waals surface area contributed by atoms with Gasteiger partial charge in [-0.1, -0.05) is 132 Å². The molecule has 1 aromatic rings. The Bertz CT molecular complexity index is 541. The zero-order valence-corrected chi connectivity index (χ0v) is 26.1. The van der Waals surface area contributed by atoms with E-state index in [9.17, 15) is 0 Å². The summed E-state index contributed by atoms with van der Waals surface area (Å²) >= 11 is 5.59. The number of nitrogens with zero attached hydrogens (tertiary/aromatic N) is 3. The number of quaternary nitrogens is 1. The zero-order chi connectivity index (χ0) is 23.3. The molecule has 0 aliphatic heterocycles. The van der Waals surface area contributed by atoms with Gasteiger partial charge in [-0.15, -0.1) is 10.2 Å². The molecule has 0 bridgehead atoms. The molecule has 0 aliphatic rings. The molecule has 1 heterocycles. The van der Waals surface area contributed by atoms with E-state index in [4.69, 9.17) is 0 Å². The molecule has 0 aromatic carbocycles. The first-order valence-corrected chi connectivity index (χ1v) is 16.3. The predicted octanol–water partition coefficient (Wildman–Crippen LogP) is 6.08. The van der Waals surface area contributed by atoms with Gasteiger partial charge in [-0.25, -0.2) is 0 Å². The van der Waals surface area contributed by atoms with Gasteiger partial charge in [0.25, 0.3) is 0 Å². The fourth-order valence-corrected chi connectivity index (χ4v) is 7.27. The molecule has 33 heavy (non-hydrogen) atoms. The molecule has 1 aromatic heterocycles. The molecule has 0 fully saturated rings. The van der Waals surface area contributed by atoms with Crippen LogP contribution in [-0.2, 0) is 0 Å². The minimum Gasteiger partial charge on any atom is -1.00 e. The second-order valence-corrected chi connectivity index (χ2v) is 13.5. The summed E-state index contributed by atoms with van der Waals surface area (Å²) in [5.41, 5.74) is 0. The molecule has 3 nitrogen and oxygen atoms in total. The van der Waals surface area contributed by atoms with Crippen LogP contribution in [0.3, 0.4) is 0 Å². The quantitative estimate of drug-likeness (QED) is 0.0887. The Kier molecular flexibility index (Phi) is 23.6. The summed E-state index contributed by atoms with van der Waals surface area (Å²) in [6.45, 7) is 7.08. The predicted molar refractivity (Wildman–Crippen MR) is 148 cm³/mol. The van der Waals surface area contributed by atoms with Gasteiger partial charge in [0.05, 0.1) is 27.2 Å². The minimum absolute atomic E-state index is 0. The Morgan fingerprint density at radius 1 is 0.576 bits per heavy atom. The van der Waals surface area contributed by atoms with Crippen molar-refractivity contribution in [2.24, 2.45) is 0 Å². The van der Waals surface area contributed by atoms with Crippen molar-refractivity contribution in [3.63, 3.8) is 0 Å². The molecule has 0 amide bonds. The molecule has 0 saturated carbocycles. The second-order valence-electron chi connectivity index (χ2n) is 9.86. The average molecular weight is 583 g/mol. The van der Waals surface area contributed by atoms with Gasteiger partial charge < -0.3 is 21.5 Å². The molecular weight excluding hydrogens is 530 g/mol. The Hall–Kier alpha value is 0.700. The molecule has 1 rings (SSSR count). The number of rotatable bonds is 23. The third-order valence-electron chi connectivity index (χ3n) is 6.15. The Balaban J connectivity index is 0.0000102. The molecule has 0 atom stereocenters. The summed E-state index contributed by atoms with van der Waals surface area (Å²) in [5, 5.41) is 8.82. The molecule has 0 N–H and O–H groups in total. The third kappa shape index (κ3) is 20.6. The van der Waals surface area contributed by atoms with Gasteiger partial charge in [0.15, 0.2) is 8.68 Å². The van der Waals surface area contributed by atoms with Crippen molar-refractivity contribution >= 4 is 34.9 Å². The van der Waals surface area contributed by atoms with Crippen molar-refractivity contribution in [3.8, 4) is 0 Å². The second kappa shape index (κ2) is 23.1. The van der Waals surface area contributed by atoms with Crippen LogP contribution in [-0.4, -0.2) is 53.4 Å². The Morgan fingerprint density at radius 3 is 1.52 bits per heavy atom. The Labute approximate surface area is 229 Å². The lowest BCUT2D eigenvalue weighted by atomic mass is 10.1. The number of unbranched alkanes of at least 4 members (excludes halogenated alkanes) is 14. The standard InChI is InChI=1S/C26H52N3S3.BrH/c1-5-7-9-11-13-14-15-16-18-20-23-30-25-27-28-26(32-25)31-24-22-29(3,4)21-19-17-12-10-8-6-2;/h5-24H2,1-4H3;1H/q+1;/p-1. The summed E-state index contributed by atoms with van der Waals surface area (Å²) in [6, 6.07) is 0. The minimum atomic E-state index is 0. The van der Waals surface area contributed by atoms with Crippen LogP contribution in [0, 0.1) is 0 Å². The highest BCUT2D eigenvalue weighted by Gasteiger charge is 2.15. The first-order valence-electron chi connectivity index (χ1n) is 13.5. The van der Waals surface area contributed by atoms with Crippen LogP contribution in [0.15, 0.2) is 8.68 Å². The van der Waals surface area contributed by atoms with Crippen LogP contribution in [0.4, 0.5) is 0 Å². The monoisotopic (exact) mass is 581 g/mol. The van der Waals surface area contributed by atoms with Crippen molar-refractivity contribution in [1.29, 1.82) is 0 Å². The Morgan fingerprint density at radius 2 is 1.00 bits per heavy atom. The molecule has 196 valence electrons. The first-order chi connectivity index (χ1) is 15.6. The zero-order valence-electron chi connectivity index (χ0n) is 22.1. The largest absolute Gasteiger partial charge is 1.00 e. The van der Waals surface area contributed by atoms with E-state index in [0.29, 0.717) is 0 Å². The highest BCUT2D eigenvalue weighted by atomic mass is 79.9. The maximum absolute atomic E-state index is 4.41. The average Bonchev–Trinajstić information content (AvgIpc) is 3.22. The molecule has 0 aliphatic carbocycles. The van der Waals surface area contributed by atoms with Crippen LogP contribution in [0.1, 0.15) is 117 Å². The summed E-state index contributed by atoms with van der Waals surface area (Å²) in [7, 11) is 4.75. The number of hydrogen-bond donors (Lipinski definition) is 0. The summed E-state index contributed by atoms with van der Waals surface area (Å²) in [4.78, 5) is 0. The summed E-state index contributed by atoms with van der Waals surface area (Å²) in [5.74, 6) is 2.33. The van der Waals surface area contributed by atoms with Crippen LogP contribution < -0.4 is 17.0 Å². The lowest BCUT2D eigenvalue weighted by Crippen LogP contribution is -3.00. The van der Waals surface area contributed by atoms with Gasteiger partial charge in [0.1, 0.15) is 0 Å². The topological polar surface area (TPSA) is 25.8 Å². The maximum atomic E-state index is 4.41. The molecular formula is C26H52BrN3S3. The van der Waals surface area contributed by atoms with Crippen molar-refractivity contribution in [3.05, 3.63) is 0 Å². The van der Waals surface area contributed by atoms with E-state index < -0.39 is 0 Å².